The Labute approximate surface area is 170 Å². The van der Waals surface area contributed by atoms with Gasteiger partial charge in [0.05, 0.1) is 12.2 Å². The molecule has 0 radical (unpaired) electrons. The Hall–Kier alpha value is -2.22. The van der Waals surface area contributed by atoms with E-state index in [9.17, 15) is 4.39 Å². The molecular weight excluding hydrogens is 442 g/mol. The zero-order valence-corrected chi connectivity index (χ0v) is 16.9. The molecule has 26 heavy (non-hydrogen) atoms. The highest BCUT2D eigenvalue weighted by Crippen LogP contribution is 2.15. The summed E-state index contributed by atoms with van der Waals surface area (Å²) in [6.07, 6.45) is 2.41. The van der Waals surface area contributed by atoms with E-state index in [2.05, 4.69) is 32.7 Å². The topological polar surface area (TPSA) is 49.3 Å². The summed E-state index contributed by atoms with van der Waals surface area (Å²) in [4.78, 5) is 8.67. The summed E-state index contributed by atoms with van der Waals surface area (Å²) < 4.78 is 13.6. The monoisotopic (exact) mass is 464 g/mol. The predicted octanol–water partition coefficient (Wildman–Crippen LogP) is 3.90. The molecule has 2 aromatic carbocycles. The fourth-order valence-electron chi connectivity index (χ4n) is 2.73. The third-order valence-corrected chi connectivity index (χ3v) is 4.05. The van der Waals surface area contributed by atoms with Gasteiger partial charge in [-0.25, -0.2) is 4.39 Å². The van der Waals surface area contributed by atoms with Crippen molar-refractivity contribution in [2.24, 2.45) is 4.99 Å². The van der Waals surface area contributed by atoms with E-state index >= 15 is 0 Å². The van der Waals surface area contributed by atoms with Crippen molar-refractivity contribution in [2.75, 3.05) is 13.6 Å². The molecule has 0 saturated carbocycles. The van der Waals surface area contributed by atoms with E-state index in [4.69, 9.17) is 0 Å². The molecule has 1 heterocycles. The number of hydrogen-bond acceptors (Lipinski definition) is 2. The molecule has 0 spiro atoms. The molecule has 0 aliphatic carbocycles. The standard InChI is InChI=1S/C20H21FN4.HI/c1-22-20(24-13-11-16-7-3-5-9-18(16)21)25-14-19-17-8-4-2-6-15(17)10-12-23-19;/h2-10,12H,11,13-14H2,1H3,(H2,22,24,25);1H. The zero-order chi connectivity index (χ0) is 17.5. The maximum absolute atomic E-state index is 13.6. The Morgan fingerprint density at radius 2 is 1.81 bits per heavy atom. The lowest BCUT2D eigenvalue weighted by Crippen LogP contribution is -2.38. The molecule has 1 aromatic heterocycles. The van der Waals surface area contributed by atoms with Crippen molar-refractivity contribution in [3.63, 3.8) is 0 Å². The molecule has 2 N–H and O–H groups in total. The van der Waals surface area contributed by atoms with Crippen LogP contribution in [0.25, 0.3) is 10.8 Å². The molecule has 0 saturated heterocycles. The van der Waals surface area contributed by atoms with Crippen molar-refractivity contribution < 1.29 is 4.39 Å². The summed E-state index contributed by atoms with van der Waals surface area (Å²) in [7, 11) is 1.72. The van der Waals surface area contributed by atoms with Gasteiger partial charge in [-0.3, -0.25) is 9.98 Å². The first-order valence-electron chi connectivity index (χ1n) is 8.28. The molecule has 0 fully saturated rings. The summed E-state index contributed by atoms with van der Waals surface area (Å²) in [5.74, 6) is 0.498. The van der Waals surface area contributed by atoms with Crippen LogP contribution in [-0.4, -0.2) is 24.5 Å². The quantitative estimate of drug-likeness (QED) is 0.342. The number of hydrogen-bond donors (Lipinski definition) is 2. The van der Waals surface area contributed by atoms with Crippen molar-refractivity contribution in [3.8, 4) is 0 Å². The van der Waals surface area contributed by atoms with E-state index < -0.39 is 0 Å². The number of nitrogens with zero attached hydrogens (tertiary/aromatic N) is 2. The van der Waals surface area contributed by atoms with Crippen molar-refractivity contribution in [1.82, 2.24) is 15.6 Å². The molecule has 136 valence electrons. The normalized spacial score (nSPS) is 11.1. The van der Waals surface area contributed by atoms with Gasteiger partial charge in [-0.1, -0.05) is 42.5 Å². The maximum atomic E-state index is 13.6. The largest absolute Gasteiger partial charge is 0.356 e. The van der Waals surface area contributed by atoms with Crippen molar-refractivity contribution >= 4 is 40.7 Å². The Morgan fingerprint density at radius 1 is 1.04 bits per heavy atom. The second-order valence-electron chi connectivity index (χ2n) is 5.67. The van der Waals surface area contributed by atoms with Gasteiger partial charge in [0.15, 0.2) is 5.96 Å². The molecule has 0 atom stereocenters. The van der Waals surface area contributed by atoms with Crippen LogP contribution in [0, 0.1) is 5.82 Å². The van der Waals surface area contributed by atoms with Gasteiger partial charge in [-0.15, -0.1) is 24.0 Å². The van der Waals surface area contributed by atoms with Crippen LogP contribution in [0.3, 0.4) is 0 Å². The van der Waals surface area contributed by atoms with E-state index in [1.54, 1.807) is 19.2 Å². The first kappa shape index (κ1) is 20.1. The van der Waals surface area contributed by atoms with E-state index in [0.29, 0.717) is 31.0 Å². The first-order valence-corrected chi connectivity index (χ1v) is 8.28. The average molecular weight is 464 g/mol. The van der Waals surface area contributed by atoms with Crippen LogP contribution in [0.2, 0.25) is 0 Å². The molecule has 0 bridgehead atoms. The third-order valence-electron chi connectivity index (χ3n) is 4.05. The predicted molar refractivity (Wildman–Crippen MR) is 115 cm³/mol. The molecular formula is C20H22FIN4. The number of aromatic nitrogens is 1. The Bertz CT molecular complexity index is 877. The van der Waals surface area contributed by atoms with Gasteiger partial charge in [0.2, 0.25) is 0 Å². The van der Waals surface area contributed by atoms with Crippen LogP contribution in [-0.2, 0) is 13.0 Å². The fourth-order valence-corrected chi connectivity index (χ4v) is 2.73. The number of pyridine rings is 1. The summed E-state index contributed by atoms with van der Waals surface area (Å²) in [5, 5.41) is 8.76. The highest BCUT2D eigenvalue weighted by Gasteiger charge is 2.04. The van der Waals surface area contributed by atoms with E-state index in [1.807, 2.05) is 30.5 Å². The molecule has 3 aromatic rings. The van der Waals surface area contributed by atoms with Gasteiger partial charge in [0.25, 0.3) is 0 Å². The number of halogens is 2. The SMILES string of the molecule is CN=C(NCCc1ccccc1F)NCc1nccc2ccccc12.I. The number of nitrogens with one attached hydrogen (secondary N) is 2. The maximum Gasteiger partial charge on any atom is 0.191 e. The molecule has 4 nitrogen and oxygen atoms in total. The van der Waals surface area contributed by atoms with Gasteiger partial charge in [-0.05, 0) is 29.5 Å². The summed E-state index contributed by atoms with van der Waals surface area (Å²) in [6.45, 7) is 1.17. The van der Waals surface area contributed by atoms with Gasteiger partial charge < -0.3 is 10.6 Å². The average Bonchev–Trinajstić information content (AvgIpc) is 2.66. The van der Waals surface area contributed by atoms with Gasteiger partial charge in [0.1, 0.15) is 5.82 Å². The van der Waals surface area contributed by atoms with Crippen LogP contribution in [0.5, 0.6) is 0 Å². The molecule has 0 unspecified atom stereocenters. The first-order chi connectivity index (χ1) is 12.3. The smallest absolute Gasteiger partial charge is 0.191 e. The molecule has 6 heteroatoms. The van der Waals surface area contributed by atoms with Gasteiger partial charge in [-0.2, -0.15) is 0 Å². The number of fused-ring (bicyclic) bond motifs is 1. The lowest BCUT2D eigenvalue weighted by Gasteiger charge is -2.13. The van der Waals surface area contributed by atoms with E-state index in [1.165, 1.54) is 6.07 Å². The van der Waals surface area contributed by atoms with Crippen LogP contribution in [0.1, 0.15) is 11.3 Å². The number of aliphatic imine (C=N–C) groups is 1. The summed E-state index contributed by atoms with van der Waals surface area (Å²) in [5.41, 5.74) is 1.66. The van der Waals surface area contributed by atoms with Crippen LogP contribution in [0.4, 0.5) is 4.39 Å². The van der Waals surface area contributed by atoms with Crippen molar-refractivity contribution in [2.45, 2.75) is 13.0 Å². The minimum atomic E-state index is -0.174. The summed E-state index contributed by atoms with van der Waals surface area (Å²) >= 11 is 0. The minimum Gasteiger partial charge on any atom is -0.356 e. The lowest BCUT2D eigenvalue weighted by atomic mass is 10.1. The Morgan fingerprint density at radius 3 is 2.62 bits per heavy atom. The Balaban J connectivity index is 0.00000243. The molecule has 0 aliphatic heterocycles. The van der Waals surface area contributed by atoms with Crippen LogP contribution in [0.15, 0.2) is 65.8 Å². The molecule has 0 amide bonds. The fraction of sp³-hybridized carbons (Fsp3) is 0.200. The lowest BCUT2D eigenvalue weighted by molar-refractivity contribution is 0.606. The van der Waals surface area contributed by atoms with Crippen molar-refractivity contribution in [1.29, 1.82) is 0 Å². The van der Waals surface area contributed by atoms with E-state index in [-0.39, 0.29) is 29.8 Å². The highest BCUT2D eigenvalue weighted by atomic mass is 127. The number of rotatable bonds is 5. The molecule has 0 aliphatic rings. The van der Waals surface area contributed by atoms with Crippen LogP contribution >= 0.6 is 24.0 Å². The Kier molecular flexibility index (Phi) is 7.77. The van der Waals surface area contributed by atoms with Crippen LogP contribution < -0.4 is 10.6 Å². The number of guanidine groups is 1. The van der Waals surface area contributed by atoms with Gasteiger partial charge in [0, 0.05) is 25.2 Å². The zero-order valence-electron chi connectivity index (χ0n) is 14.6. The highest BCUT2D eigenvalue weighted by molar-refractivity contribution is 14.0. The van der Waals surface area contributed by atoms with Gasteiger partial charge >= 0.3 is 0 Å². The van der Waals surface area contributed by atoms with Crippen molar-refractivity contribution in [3.05, 3.63) is 77.9 Å². The summed E-state index contributed by atoms with van der Waals surface area (Å²) in [6, 6.07) is 17.0. The second kappa shape index (κ2) is 10.1. The van der Waals surface area contributed by atoms with E-state index in [0.717, 1.165) is 16.5 Å². The molecule has 3 rings (SSSR count). The third kappa shape index (κ3) is 5.14. The number of benzene rings is 2. The second-order valence-corrected chi connectivity index (χ2v) is 5.67. The minimum absolute atomic E-state index is 0.